The van der Waals surface area contributed by atoms with Gasteiger partial charge in [-0.2, -0.15) is 0 Å². The molecule has 1 amide bonds. The van der Waals surface area contributed by atoms with Crippen LogP contribution in [0.15, 0.2) is 47.3 Å². The van der Waals surface area contributed by atoms with E-state index < -0.39 is 0 Å². The summed E-state index contributed by atoms with van der Waals surface area (Å²) in [4.78, 5) is 24.9. The van der Waals surface area contributed by atoms with Crippen molar-refractivity contribution in [3.05, 3.63) is 64.7 Å². The van der Waals surface area contributed by atoms with Crippen molar-refractivity contribution < 1.29 is 18.7 Å². The molecule has 31 heavy (non-hydrogen) atoms. The van der Waals surface area contributed by atoms with Gasteiger partial charge in [0, 0.05) is 13.6 Å². The molecule has 158 valence electrons. The zero-order valence-corrected chi connectivity index (χ0v) is 17.9. The van der Waals surface area contributed by atoms with E-state index >= 15 is 0 Å². The number of ether oxygens (including phenoxy) is 2. The number of aryl methyl sites for hydroxylation is 1. The summed E-state index contributed by atoms with van der Waals surface area (Å²) in [5.41, 5.74) is 1.91. The fourth-order valence-corrected chi connectivity index (χ4v) is 4.67. The highest BCUT2D eigenvalue weighted by Crippen LogP contribution is 2.35. The minimum Gasteiger partial charge on any atom is -0.467 e. The summed E-state index contributed by atoms with van der Waals surface area (Å²) in [6.45, 7) is 3.14. The minimum absolute atomic E-state index is 0.0707. The number of furan rings is 1. The summed E-state index contributed by atoms with van der Waals surface area (Å²) in [7, 11) is 1.76. The molecule has 1 aliphatic rings. The summed E-state index contributed by atoms with van der Waals surface area (Å²) in [6, 6.07) is 9.50. The van der Waals surface area contributed by atoms with E-state index in [-0.39, 0.29) is 12.7 Å². The monoisotopic (exact) mass is 436 g/mol. The maximum Gasteiger partial charge on any atom is 0.264 e. The maximum atomic E-state index is 13.1. The zero-order valence-electron chi connectivity index (χ0n) is 17.0. The fourth-order valence-electron chi connectivity index (χ4n) is 3.53. The van der Waals surface area contributed by atoms with Crippen LogP contribution in [0.3, 0.4) is 0 Å². The largest absolute Gasteiger partial charge is 0.467 e. The van der Waals surface area contributed by atoms with Crippen molar-refractivity contribution in [1.82, 2.24) is 14.9 Å². The van der Waals surface area contributed by atoms with E-state index in [1.54, 1.807) is 18.2 Å². The molecular formula is C22H20N4O4S. The summed E-state index contributed by atoms with van der Waals surface area (Å²) in [6.07, 6.45) is 3.12. The number of fused-ring (bicyclic) bond motifs is 2. The zero-order chi connectivity index (χ0) is 21.4. The third-order valence-corrected chi connectivity index (χ3v) is 6.33. The van der Waals surface area contributed by atoms with Gasteiger partial charge in [0.25, 0.3) is 5.91 Å². The molecule has 0 radical (unpaired) electrons. The normalized spacial score (nSPS) is 12.3. The van der Waals surface area contributed by atoms with Gasteiger partial charge in [0.2, 0.25) is 6.79 Å². The first-order valence-electron chi connectivity index (χ1n) is 9.74. The smallest absolute Gasteiger partial charge is 0.264 e. The van der Waals surface area contributed by atoms with E-state index in [1.165, 1.54) is 17.7 Å². The highest BCUT2D eigenvalue weighted by atomic mass is 32.1. The SMILES string of the molecule is Cc1c(C(=O)N(C)Cc2ccco2)sc2ncnc(NCc3ccc4c(c3)OCO4)c12. The molecule has 1 aliphatic heterocycles. The second kappa shape index (κ2) is 7.92. The second-order valence-electron chi connectivity index (χ2n) is 7.24. The molecule has 0 saturated carbocycles. The first kappa shape index (κ1) is 19.4. The molecule has 0 unspecified atom stereocenters. The van der Waals surface area contributed by atoms with Gasteiger partial charge < -0.3 is 24.1 Å². The van der Waals surface area contributed by atoms with E-state index in [9.17, 15) is 4.79 Å². The predicted molar refractivity (Wildman–Crippen MR) is 117 cm³/mol. The Labute approximate surface area is 182 Å². The summed E-state index contributed by atoms with van der Waals surface area (Å²) < 4.78 is 16.2. The number of carbonyl (C=O) groups excluding carboxylic acids is 1. The van der Waals surface area contributed by atoms with E-state index in [0.717, 1.165) is 38.6 Å². The Bertz CT molecular complexity index is 1250. The van der Waals surface area contributed by atoms with E-state index in [0.29, 0.717) is 23.8 Å². The lowest BCUT2D eigenvalue weighted by Gasteiger charge is -2.15. The molecule has 1 N–H and O–H groups in total. The molecule has 3 aromatic heterocycles. The fraction of sp³-hybridized carbons (Fsp3) is 0.227. The number of benzene rings is 1. The van der Waals surface area contributed by atoms with Gasteiger partial charge in [-0.1, -0.05) is 6.07 Å². The molecule has 0 bridgehead atoms. The Balaban J connectivity index is 1.38. The van der Waals surface area contributed by atoms with Crippen LogP contribution in [0.25, 0.3) is 10.2 Å². The topological polar surface area (TPSA) is 89.7 Å². The lowest BCUT2D eigenvalue weighted by atomic mass is 10.1. The van der Waals surface area contributed by atoms with Crippen molar-refractivity contribution >= 4 is 33.3 Å². The van der Waals surface area contributed by atoms with Crippen molar-refractivity contribution in [2.75, 3.05) is 19.2 Å². The summed E-state index contributed by atoms with van der Waals surface area (Å²) in [5.74, 6) is 2.86. The van der Waals surface area contributed by atoms with E-state index in [2.05, 4.69) is 15.3 Å². The first-order chi connectivity index (χ1) is 15.1. The van der Waals surface area contributed by atoms with Crippen molar-refractivity contribution in [3.8, 4) is 11.5 Å². The average Bonchev–Trinajstić information content (AvgIpc) is 3.52. The highest BCUT2D eigenvalue weighted by molar-refractivity contribution is 7.20. The number of nitrogens with one attached hydrogen (secondary N) is 1. The molecule has 9 heteroatoms. The Kier molecular flexibility index (Phi) is 4.95. The molecule has 0 fully saturated rings. The van der Waals surface area contributed by atoms with Crippen molar-refractivity contribution in [2.24, 2.45) is 0 Å². The molecule has 4 aromatic rings. The van der Waals surface area contributed by atoms with Gasteiger partial charge in [-0.15, -0.1) is 11.3 Å². The molecule has 1 aromatic carbocycles. The molecule has 0 atom stereocenters. The van der Waals surface area contributed by atoms with Gasteiger partial charge in [-0.25, -0.2) is 9.97 Å². The number of rotatable bonds is 6. The number of carbonyl (C=O) groups is 1. The third-order valence-electron chi connectivity index (χ3n) is 5.14. The number of anilines is 1. The van der Waals surface area contributed by atoms with Crippen LogP contribution < -0.4 is 14.8 Å². The number of nitrogens with zero attached hydrogens (tertiary/aromatic N) is 3. The molecule has 5 rings (SSSR count). The Morgan fingerprint density at radius 1 is 1.23 bits per heavy atom. The van der Waals surface area contributed by atoms with Crippen molar-refractivity contribution in [2.45, 2.75) is 20.0 Å². The van der Waals surface area contributed by atoms with Crippen molar-refractivity contribution in [3.63, 3.8) is 0 Å². The van der Waals surface area contributed by atoms with Gasteiger partial charge >= 0.3 is 0 Å². The highest BCUT2D eigenvalue weighted by Gasteiger charge is 2.22. The lowest BCUT2D eigenvalue weighted by Crippen LogP contribution is -2.25. The Morgan fingerprint density at radius 3 is 2.94 bits per heavy atom. The van der Waals surface area contributed by atoms with Crippen LogP contribution in [0.4, 0.5) is 5.82 Å². The summed E-state index contributed by atoms with van der Waals surface area (Å²) in [5, 5.41) is 4.24. The molecule has 0 saturated heterocycles. The van der Waals surface area contributed by atoms with Gasteiger partial charge in [0.1, 0.15) is 22.7 Å². The van der Waals surface area contributed by atoms with Crippen LogP contribution >= 0.6 is 11.3 Å². The van der Waals surface area contributed by atoms with Gasteiger partial charge in [0.15, 0.2) is 11.5 Å². The standard InChI is InChI=1S/C22H20N4O4S/c1-13-18-20(23-9-14-5-6-16-17(8-14)30-12-29-16)24-11-25-21(18)31-19(13)22(27)26(2)10-15-4-3-7-28-15/h3-8,11H,9-10,12H2,1-2H3,(H,23,24,25). The first-order valence-corrected chi connectivity index (χ1v) is 10.6. The molecule has 0 spiro atoms. The van der Waals surface area contributed by atoms with Gasteiger partial charge in [-0.05, 0) is 42.3 Å². The molecule has 0 aliphatic carbocycles. The van der Waals surface area contributed by atoms with E-state index in [4.69, 9.17) is 13.9 Å². The van der Waals surface area contributed by atoms with Gasteiger partial charge in [-0.3, -0.25) is 4.79 Å². The Hall–Kier alpha value is -3.59. The lowest BCUT2D eigenvalue weighted by molar-refractivity contribution is 0.0779. The van der Waals surface area contributed by atoms with Crippen LogP contribution in [-0.4, -0.2) is 34.6 Å². The average molecular weight is 436 g/mol. The Morgan fingerprint density at radius 2 is 2.10 bits per heavy atom. The quantitative estimate of drug-likeness (QED) is 0.484. The minimum atomic E-state index is -0.0707. The van der Waals surface area contributed by atoms with E-state index in [1.807, 2.05) is 37.3 Å². The van der Waals surface area contributed by atoms with Gasteiger partial charge in [0.05, 0.1) is 23.1 Å². The van der Waals surface area contributed by atoms with Crippen LogP contribution in [-0.2, 0) is 13.1 Å². The number of hydrogen-bond donors (Lipinski definition) is 1. The molecular weight excluding hydrogens is 416 g/mol. The molecule has 8 nitrogen and oxygen atoms in total. The number of thiophene rings is 1. The van der Waals surface area contributed by atoms with Crippen LogP contribution in [0.5, 0.6) is 11.5 Å². The predicted octanol–water partition coefficient (Wildman–Crippen LogP) is 4.21. The summed E-state index contributed by atoms with van der Waals surface area (Å²) >= 11 is 1.38. The second-order valence-corrected chi connectivity index (χ2v) is 8.24. The molecule has 4 heterocycles. The maximum absolute atomic E-state index is 13.1. The van der Waals surface area contributed by atoms with Crippen LogP contribution in [0.1, 0.15) is 26.6 Å². The van der Waals surface area contributed by atoms with Crippen LogP contribution in [0.2, 0.25) is 0 Å². The van der Waals surface area contributed by atoms with Crippen LogP contribution in [0, 0.1) is 6.92 Å². The number of hydrogen-bond acceptors (Lipinski definition) is 8. The number of aromatic nitrogens is 2. The van der Waals surface area contributed by atoms with Crippen molar-refractivity contribution in [1.29, 1.82) is 0 Å². The third kappa shape index (κ3) is 3.68. The number of amides is 1.